The Labute approximate surface area is 128 Å². The van der Waals surface area contributed by atoms with E-state index in [-0.39, 0.29) is 0 Å². The summed E-state index contributed by atoms with van der Waals surface area (Å²) in [5.41, 5.74) is 2.30. The third-order valence-corrected chi connectivity index (χ3v) is 4.02. The highest BCUT2D eigenvalue weighted by Gasteiger charge is 2.14. The number of fused-ring (bicyclic) bond motifs is 1. The monoisotopic (exact) mass is 285 g/mol. The Balaban J connectivity index is 2.24. The van der Waals surface area contributed by atoms with E-state index in [1.165, 1.54) is 17.4 Å². The van der Waals surface area contributed by atoms with Gasteiger partial charge in [0.2, 0.25) is 0 Å². The van der Waals surface area contributed by atoms with Crippen LogP contribution in [0.4, 0.5) is 5.82 Å². The van der Waals surface area contributed by atoms with Crippen molar-refractivity contribution in [1.82, 2.24) is 9.88 Å². The second-order valence-electron chi connectivity index (χ2n) is 6.33. The molecule has 0 fully saturated rings. The first-order valence-electron chi connectivity index (χ1n) is 7.78. The minimum Gasteiger partial charge on any atom is -0.373 e. The van der Waals surface area contributed by atoms with E-state index in [1.54, 1.807) is 0 Å². The van der Waals surface area contributed by atoms with Crippen LogP contribution in [0.25, 0.3) is 10.9 Å². The fraction of sp³-hybridized carbons (Fsp3) is 0.500. The van der Waals surface area contributed by atoms with Gasteiger partial charge in [0.1, 0.15) is 5.82 Å². The average molecular weight is 285 g/mol. The van der Waals surface area contributed by atoms with Gasteiger partial charge in [-0.25, -0.2) is 4.98 Å². The number of hydrogen-bond acceptors (Lipinski definition) is 3. The minimum absolute atomic E-state index is 0.571. The van der Waals surface area contributed by atoms with E-state index in [1.807, 2.05) is 13.1 Å². The molecule has 21 heavy (non-hydrogen) atoms. The molecule has 0 aliphatic rings. The van der Waals surface area contributed by atoms with Gasteiger partial charge in [-0.05, 0) is 38.4 Å². The molecular formula is C18H27N3. The number of nitrogens with zero attached hydrogens (tertiary/aromatic N) is 2. The summed E-state index contributed by atoms with van der Waals surface area (Å²) in [6, 6.07) is 11.1. The third-order valence-electron chi connectivity index (χ3n) is 4.02. The maximum atomic E-state index is 4.73. The molecular weight excluding hydrogens is 258 g/mol. The molecule has 1 N–H and O–H groups in total. The van der Waals surface area contributed by atoms with Crippen molar-refractivity contribution >= 4 is 16.7 Å². The Morgan fingerprint density at radius 2 is 1.90 bits per heavy atom. The first-order chi connectivity index (χ1) is 10.0. The largest absolute Gasteiger partial charge is 0.373 e. The standard InChI is InChI=1S/C18H27N3/c1-13(2)10-14(3)21(5)12-16-11-15-8-6-7-9-17(15)20-18(16)19-4/h6-9,11,13-14H,10,12H2,1-5H3,(H,19,20). The first kappa shape index (κ1) is 15.8. The summed E-state index contributed by atoms with van der Waals surface area (Å²) >= 11 is 0. The Morgan fingerprint density at radius 3 is 2.57 bits per heavy atom. The predicted molar refractivity (Wildman–Crippen MR) is 91.7 cm³/mol. The fourth-order valence-corrected chi connectivity index (χ4v) is 2.78. The molecule has 0 aliphatic carbocycles. The van der Waals surface area contributed by atoms with Gasteiger partial charge in [0.05, 0.1) is 5.52 Å². The van der Waals surface area contributed by atoms with Crippen LogP contribution in [0.2, 0.25) is 0 Å². The van der Waals surface area contributed by atoms with Crippen molar-refractivity contribution in [1.29, 1.82) is 0 Å². The first-order valence-corrected chi connectivity index (χ1v) is 7.78. The molecule has 0 amide bonds. The number of anilines is 1. The lowest BCUT2D eigenvalue weighted by atomic mass is 10.0. The van der Waals surface area contributed by atoms with Crippen molar-refractivity contribution in [2.45, 2.75) is 39.8 Å². The highest BCUT2D eigenvalue weighted by molar-refractivity contribution is 5.81. The summed E-state index contributed by atoms with van der Waals surface area (Å²) in [4.78, 5) is 7.14. The highest BCUT2D eigenvalue weighted by atomic mass is 15.1. The highest BCUT2D eigenvalue weighted by Crippen LogP contribution is 2.22. The van der Waals surface area contributed by atoms with Crippen molar-refractivity contribution in [3.63, 3.8) is 0 Å². The number of aromatic nitrogens is 1. The molecule has 1 heterocycles. The molecule has 1 unspecified atom stereocenters. The smallest absolute Gasteiger partial charge is 0.130 e. The Hall–Kier alpha value is -1.61. The molecule has 2 rings (SSSR count). The van der Waals surface area contributed by atoms with E-state index in [0.717, 1.165) is 23.8 Å². The van der Waals surface area contributed by atoms with Crippen LogP contribution in [-0.4, -0.2) is 30.0 Å². The zero-order valence-corrected chi connectivity index (χ0v) is 13.9. The topological polar surface area (TPSA) is 28.2 Å². The lowest BCUT2D eigenvalue weighted by Crippen LogP contribution is -2.30. The van der Waals surface area contributed by atoms with Crippen LogP contribution in [0.1, 0.15) is 32.8 Å². The van der Waals surface area contributed by atoms with E-state index in [2.05, 4.69) is 62.3 Å². The number of pyridine rings is 1. The summed E-state index contributed by atoms with van der Waals surface area (Å²) in [5, 5.41) is 4.44. The maximum absolute atomic E-state index is 4.73. The molecule has 1 aromatic carbocycles. The van der Waals surface area contributed by atoms with Crippen LogP contribution in [0.15, 0.2) is 30.3 Å². The van der Waals surface area contributed by atoms with Gasteiger partial charge in [-0.1, -0.05) is 32.0 Å². The summed E-state index contributed by atoms with van der Waals surface area (Å²) in [6.07, 6.45) is 1.21. The maximum Gasteiger partial charge on any atom is 0.130 e. The molecule has 0 spiro atoms. The molecule has 0 saturated heterocycles. The number of benzene rings is 1. The molecule has 0 radical (unpaired) electrons. The summed E-state index contributed by atoms with van der Waals surface area (Å²) < 4.78 is 0. The predicted octanol–water partition coefficient (Wildman–Crippen LogP) is 4.14. The zero-order chi connectivity index (χ0) is 15.4. The molecule has 3 heteroatoms. The summed E-state index contributed by atoms with van der Waals surface area (Å²) in [5.74, 6) is 1.71. The molecule has 1 atom stereocenters. The Kier molecular flexibility index (Phi) is 5.18. The van der Waals surface area contributed by atoms with E-state index < -0.39 is 0 Å². The number of hydrogen-bond donors (Lipinski definition) is 1. The van der Waals surface area contributed by atoms with Crippen LogP contribution in [-0.2, 0) is 6.54 Å². The molecule has 114 valence electrons. The van der Waals surface area contributed by atoms with Crippen molar-refractivity contribution < 1.29 is 0 Å². The number of rotatable bonds is 6. The average Bonchev–Trinajstić information content (AvgIpc) is 2.45. The van der Waals surface area contributed by atoms with Crippen molar-refractivity contribution in [2.75, 3.05) is 19.4 Å². The van der Waals surface area contributed by atoms with Gasteiger partial charge >= 0.3 is 0 Å². The quantitative estimate of drug-likeness (QED) is 0.864. The Morgan fingerprint density at radius 1 is 1.19 bits per heavy atom. The molecule has 0 aliphatic heterocycles. The van der Waals surface area contributed by atoms with Gasteiger partial charge in [0.15, 0.2) is 0 Å². The molecule has 3 nitrogen and oxygen atoms in total. The van der Waals surface area contributed by atoms with E-state index >= 15 is 0 Å². The van der Waals surface area contributed by atoms with Gasteiger partial charge in [0.25, 0.3) is 0 Å². The van der Waals surface area contributed by atoms with Crippen LogP contribution >= 0.6 is 0 Å². The van der Waals surface area contributed by atoms with Gasteiger partial charge in [-0.15, -0.1) is 0 Å². The summed E-state index contributed by atoms with van der Waals surface area (Å²) in [7, 11) is 4.14. The molecule has 1 aromatic heterocycles. The number of para-hydroxylation sites is 1. The van der Waals surface area contributed by atoms with Gasteiger partial charge in [-0.3, -0.25) is 4.90 Å². The normalized spacial score (nSPS) is 13.1. The number of nitrogens with one attached hydrogen (secondary N) is 1. The second kappa shape index (κ2) is 6.90. The lowest BCUT2D eigenvalue weighted by Gasteiger charge is -2.27. The van der Waals surface area contributed by atoms with Crippen LogP contribution in [0, 0.1) is 5.92 Å². The van der Waals surface area contributed by atoms with Crippen LogP contribution < -0.4 is 5.32 Å². The van der Waals surface area contributed by atoms with Gasteiger partial charge in [-0.2, -0.15) is 0 Å². The fourth-order valence-electron chi connectivity index (χ4n) is 2.78. The molecule has 0 saturated carbocycles. The summed E-state index contributed by atoms with van der Waals surface area (Å²) in [6.45, 7) is 7.78. The van der Waals surface area contributed by atoms with E-state index in [9.17, 15) is 0 Å². The Bertz CT molecular complexity index is 592. The molecule has 2 aromatic rings. The zero-order valence-electron chi connectivity index (χ0n) is 13.9. The van der Waals surface area contributed by atoms with E-state index in [0.29, 0.717) is 6.04 Å². The SMILES string of the molecule is CNc1nc2ccccc2cc1CN(C)C(C)CC(C)C. The van der Waals surface area contributed by atoms with E-state index in [4.69, 9.17) is 4.98 Å². The van der Waals surface area contributed by atoms with Crippen molar-refractivity contribution in [2.24, 2.45) is 5.92 Å². The van der Waals surface area contributed by atoms with Gasteiger partial charge in [0, 0.05) is 30.6 Å². The van der Waals surface area contributed by atoms with Crippen LogP contribution in [0.5, 0.6) is 0 Å². The van der Waals surface area contributed by atoms with Gasteiger partial charge < -0.3 is 5.32 Å². The minimum atomic E-state index is 0.571. The van der Waals surface area contributed by atoms with Crippen LogP contribution in [0.3, 0.4) is 0 Å². The van der Waals surface area contributed by atoms with Crippen molar-refractivity contribution in [3.05, 3.63) is 35.9 Å². The third kappa shape index (κ3) is 3.94. The lowest BCUT2D eigenvalue weighted by molar-refractivity contribution is 0.221. The molecule has 0 bridgehead atoms. The second-order valence-corrected chi connectivity index (χ2v) is 6.33. The van der Waals surface area contributed by atoms with Crippen molar-refractivity contribution in [3.8, 4) is 0 Å².